The molecule has 1 atom stereocenters. The van der Waals surface area contributed by atoms with E-state index >= 15 is 0 Å². The van der Waals surface area contributed by atoms with Gasteiger partial charge in [0.2, 0.25) is 17.9 Å². The Bertz CT molecular complexity index is 1000. The van der Waals surface area contributed by atoms with Crippen LogP contribution >= 0.6 is 11.8 Å². The number of carbonyl (C=O) groups is 1. The Morgan fingerprint density at radius 2 is 1.93 bits per heavy atom. The summed E-state index contributed by atoms with van der Waals surface area (Å²) in [6.45, 7) is 4.62. The number of fused-ring (bicyclic) bond motifs is 1. The predicted octanol–water partition coefficient (Wildman–Crippen LogP) is 3.56. The Morgan fingerprint density at radius 1 is 1.17 bits per heavy atom. The van der Waals surface area contributed by atoms with Crippen LogP contribution in [0.3, 0.4) is 0 Å². The zero-order valence-corrected chi connectivity index (χ0v) is 17.1. The summed E-state index contributed by atoms with van der Waals surface area (Å²) in [5.74, 6) is 2.06. The number of hydrogen-bond acceptors (Lipinski definition) is 6. The molecule has 150 valence electrons. The molecule has 0 spiro atoms. The van der Waals surface area contributed by atoms with Crippen LogP contribution in [0.1, 0.15) is 25.0 Å². The maximum absolute atomic E-state index is 12.4. The highest BCUT2D eigenvalue weighted by molar-refractivity contribution is 8.00. The fourth-order valence-electron chi connectivity index (χ4n) is 2.92. The molecule has 4 rings (SSSR count). The van der Waals surface area contributed by atoms with Crippen LogP contribution in [-0.4, -0.2) is 33.1 Å². The molecule has 7 nitrogen and oxygen atoms in total. The lowest BCUT2D eigenvalue weighted by Crippen LogP contribution is -2.30. The summed E-state index contributed by atoms with van der Waals surface area (Å²) in [6.07, 6.45) is 0.997. The standard InChI is InChI=1S/C21H22N4O3S/c1-3-14-4-7-16(8-5-14)19-23-21(25-24-19)29-13(2)20(26)22-11-15-6-9-17-18(10-15)28-12-27-17/h4-10,13H,3,11-12H2,1-2H3,(H,22,26)(H,23,24,25). The summed E-state index contributed by atoms with van der Waals surface area (Å²) in [5, 5.41) is 10.3. The van der Waals surface area contributed by atoms with E-state index < -0.39 is 0 Å². The average Bonchev–Trinajstić information content (AvgIpc) is 3.41. The molecule has 2 N–H and O–H groups in total. The van der Waals surface area contributed by atoms with E-state index in [-0.39, 0.29) is 18.0 Å². The number of aryl methyl sites for hydroxylation is 1. The molecule has 8 heteroatoms. The molecule has 1 aromatic heterocycles. The van der Waals surface area contributed by atoms with Crippen molar-refractivity contribution in [3.8, 4) is 22.9 Å². The number of benzene rings is 2. The first-order valence-electron chi connectivity index (χ1n) is 9.47. The number of hydrogen-bond donors (Lipinski definition) is 2. The third-order valence-electron chi connectivity index (χ3n) is 4.66. The van der Waals surface area contributed by atoms with E-state index in [0.29, 0.717) is 23.3 Å². The fraction of sp³-hybridized carbons (Fsp3) is 0.286. The minimum Gasteiger partial charge on any atom is -0.454 e. The SMILES string of the molecule is CCc1ccc(-c2nc(SC(C)C(=O)NCc3ccc4c(c3)OCO4)n[nH]2)cc1. The van der Waals surface area contributed by atoms with Gasteiger partial charge < -0.3 is 14.8 Å². The molecule has 29 heavy (non-hydrogen) atoms. The Balaban J connectivity index is 1.32. The van der Waals surface area contributed by atoms with Crippen LogP contribution in [0.25, 0.3) is 11.4 Å². The lowest BCUT2D eigenvalue weighted by atomic mass is 10.1. The van der Waals surface area contributed by atoms with Gasteiger partial charge >= 0.3 is 0 Å². The van der Waals surface area contributed by atoms with Crippen molar-refractivity contribution in [1.82, 2.24) is 20.5 Å². The van der Waals surface area contributed by atoms with Crippen molar-refractivity contribution in [3.05, 3.63) is 53.6 Å². The normalized spacial score (nSPS) is 13.3. The van der Waals surface area contributed by atoms with Crippen LogP contribution in [0.5, 0.6) is 11.5 Å². The lowest BCUT2D eigenvalue weighted by Gasteiger charge is -2.10. The molecule has 1 amide bonds. The second kappa shape index (κ2) is 8.57. The highest BCUT2D eigenvalue weighted by Crippen LogP contribution is 2.32. The summed E-state index contributed by atoms with van der Waals surface area (Å²) in [4.78, 5) is 16.9. The second-order valence-electron chi connectivity index (χ2n) is 6.68. The van der Waals surface area contributed by atoms with Crippen LogP contribution in [-0.2, 0) is 17.8 Å². The Kier molecular flexibility index (Phi) is 5.71. The number of ether oxygens (including phenoxy) is 2. The van der Waals surface area contributed by atoms with Crippen molar-refractivity contribution in [3.63, 3.8) is 0 Å². The van der Waals surface area contributed by atoms with Gasteiger partial charge in [-0.3, -0.25) is 9.89 Å². The lowest BCUT2D eigenvalue weighted by molar-refractivity contribution is -0.120. The summed E-state index contributed by atoms with van der Waals surface area (Å²) in [5.41, 5.74) is 3.20. The molecular weight excluding hydrogens is 388 g/mol. The first-order valence-corrected chi connectivity index (χ1v) is 10.3. The maximum atomic E-state index is 12.4. The quantitative estimate of drug-likeness (QED) is 0.579. The third kappa shape index (κ3) is 4.54. The fourth-order valence-corrected chi connectivity index (χ4v) is 3.67. The Morgan fingerprint density at radius 3 is 2.72 bits per heavy atom. The molecule has 1 aliphatic rings. The number of aromatic amines is 1. The first-order chi connectivity index (χ1) is 14.1. The van der Waals surface area contributed by atoms with Gasteiger partial charge in [0.25, 0.3) is 0 Å². The molecule has 0 radical (unpaired) electrons. The number of amides is 1. The topological polar surface area (TPSA) is 89.1 Å². The number of thioether (sulfide) groups is 1. The number of nitrogens with one attached hydrogen (secondary N) is 2. The number of nitrogens with zero attached hydrogens (tertiary/aromatic N) is 2. The van der Waals surface area contributed by atoms with Crippen LogP contribution in [0.2, 0.25) is 0 Å². The maximum Gasteiger partial charge on any atom is 0.233 e. The van der Waals surface area contributed by atoms with Crippen molar-refractivity contribution in [1.29, 1.82) is 0 Å². The largest absolute Gasteiger partial charge is 0.454 e. The van der Waals surface area contributed by atoms with Crippen LogP contribution in [0, 0.1) is 0 Å². The number of carbonyl (C=O) groups excluding carboxylic acids is 1. The highest BCUT2D eigenvalue weighted by Gasteiger charge is 2.18. The van der Waals surface area contributed by atoms with Gasteiger partial charge in [-0.2, -0.15) is 0 Å². The van der Waals surface area contributed by atoms with Gasteiger partial charge in [0.05, 0.1) is 5.25 Å². The molecule has 1 unspecified atom stereocenters. The van der Waals surface area contributed by atoms with Crippen molar-refractivity contribution in [2.45, 2.75) is 37.2 Å². The van der Waals surface area contributed by atoms with E-state index in [2.05, 4.69) is 39.6 Å². The zero-order valence-electron chi connectivity index (χ0n) is 16.3. The molecule has 2 heterocycles. The Labute approximate surface area is 173 Å². The van der Waals surface area contributed by atoms with Gasteiger partial charge in [0, 0.05) is 12.1 Å². The van der Waals surface area contributed by atoms with Gasteiger partial charge in [-0.15, -0.1) is 5.10 Å². The highest BCUT2D eigenvalue weighted by atomic mass is 32.2. The van der Waals surface area contributed by atoms with Crippen LogP contribution in [0.4, 0.5) is 0 Å². The van der Waals surface area contributed by atoms with E-state index in [0.717, 1.165) is 23.3 Å². The van der Waals surface area contributed by atoms with E-state index in [9.17, 15) is 4.79 Å². The van der Waals surface area contributed by atoms with E-state index in [1.807, 2.05) is 37.3 Å². The number of aromatic nitrogens is 3. The average molecular weight is 410 g/mol. The van der Waals surface area contributed by atoms with E-state index in [4.69, 9.17) is 9.47 Å². The van der Waals surface area contributed by atoms with Crippen molar-refractivity contribution in [2.24, 2.45) is 0 Å². The third-order valence-corrected chi connectivity index (χ3v) is 5.62. The van der Waals surface area contributed by atoms with Crippen molar-refractivity contribution in [2.75, 3.05) is 6.79 Å². The van der Waals surface area contributed by atoms with E-state index in [1.165, 1.54) is 17.3 Å². The minimum absolute atomic E-state index is 0.0775. The Hall–Kier alpha value is -3.00. The number of rotatable bonds is 7. The summed E-state index contributed by atoms with van der Waals surface area (Å²) in [6, 6.07) is 13.9. The molecule has 0 saturated carbocycles. The monoisotopic (exact) mass is 410 g/mol. The molecule has 0 fully saturated rings. The van der Waals surface area contributed by atoms with Gasteiger partial charge in [-0.1, -0.05) is 49.0 Å². The molecule has 1 aliphatic heterocycles. The molecular formula is C21H22N4O3S. The van der Waals surface area contributed by atoms with Crippen LogP contribution in [0.15, 0.2) is 47.6 Å². The van der Waals surface area contributed by atoms with Crippen molar-refractivity contribution < 1.29 is 14.3 Å². The van der Waals surface area contributed by atoms with Gasteiger partial charge in [0.1, 0.15) is 0 Å². The van der Waals surface area contributed by atoms with Crippen LogP contribution < -0.4 is 14.8 Å². The second-order valence-corrected chi connectivity index (χ2v) is 7.99. The van der Waals surface area contributed by atoms with Crippen molar-refractivity contribution >= 4 is 17.7 Å². The summed E-state index contributed by atoms with van der Waals surface area (Å²) in [7, 11) is 0. The molecule has 0 saturated heterocycles. The molecule has 3 aromatic rings. The molecule has 0 bridgehead atoms. The minimum atomic E-state index is -0.324. The zero-order chi connectivity index (χ0) is 20.2. The summed E-state index contributed by atoms with van der Waals surface area (Å²) >= 11 is 1.32. The predicted molar refractivity (Wildman–Crippen MR) is 111 cm³/mol. The number of H-pyrrole nitrogens is 1. The van der Waals surface area contributed by atoms with Gasteiger partial charge in [0.15, 0.2) is 17.3 Å². The molecule has 2 aromatic carbocycles. The smallest absolute Gasteiger partial charge is 0.233 e. The van der Waals surface area contributed by atoms with Gasteiger partial charge in [-0.25, -0.2) is 4.98 Å². The van der Waals surface area contributed by atoms with E-state index in [1.54, 1.807) is 0 Å². The summed E-state index contributed by atoms with van der Waals surface area (Å²) < 4.78 is 10.7. The first kappa shape index (κ1) is 19.3. The molecule has 0 aliphatic carbocycles. The van der Waals surface area contributed by atoms with Gasteiger partial charge in [-0.05, 0) is 36.6 Å².